The first kappa shape index (κ1) is 22.4. The summed E-state index contributed by atoms with van der Waals surface area (Å²) in [7, 11) is -2.99. The summed E-state index contributed by atoms with van der Waals surface area (Å²) in [5.41, 5.74) is 1.04. The number of nitrogens with zero attached hydrogens (tertiary/aromatic N) is 1. The van der Waals surface area contributed by atoms with E-state index in [4.69, 9.17) is 4.74 Å². The van der Waals surface area contributed by atoms with Crippen molar-refractivity contribution in [1.82, 2.24) is 4.90 Å². The molecule has 4 rings (SSSR count). The zero-order valence-electron chi connectivity index (χ0n) is 18.5. The third-order valence-electron chi connectivity index (χ3n) is 6.14. The van der Waals surface area contributed by atoms with Crippen LogP contribution in [-0.4, -0.2) is 29.3 Å². The molecular formula is C27H30NO3P. The molecule has 1 aliphatic heterocycles. The molecule has 32 heavy (non-hydrogen) atoms. The predicted octanol–water partition coefficient (Wildman–Crippen LogP) is 5.58. The van der Waals surface area contributed by atoms with Gasteiger partial charge in [0.25, 0.3) is 0 Å². The zero-order chi connectivity index (χ0) is 22.4. The lowest BCUT2D eigenvalue weighted by Gasteiger charge is -2.29. The molecule has 0 radical (unpaired) electrons. The van der Waals surface area contributed by atoms with Crippen molar-refractivity contribution < 1.29 is 14.1 Å². The van der Waals surface area contributed by atoms with Crippen molar-refractivity contribution in [3.8, 4) is 0 Å². The molecule has 0 unspecified atom stereocenters. The molecule has 1 fully saturated rings. The molecule has 1 heterocycles. The van der Waals surface area contributed by atoms with Gasteiger partial charge in [-0.25, -0.2) is 4.79 Å². The Labute approximate surface area is 190 Å². The normalized spacial score (nSPS) is 18.5. The van der Waals surface area contributed by atoms with Crippen molar-refractivity contribution in [1.29, 1.82) is 0 Å². The minimum atomic E-state index is -2.99. The molecule has 1 saturated heterocycles. The van der Waals surface area contributed by atoms with E-state index < -0.39 is 7.14 Å². The van der Waals surface area contributed by atoms with Crippen molar-refractivity contribution in [3.05, 3.63) is 96.6 Å². The number of carbonyl (C=O) groups excluding carboxylic acids is 1. The molecule has 2 atom stereocenters. The summed E-state index contributed by atoms with van der Waals surface area (Å²) < 4.78 is 20.5. The SMILES string of the molecule is CCCC[C@H]1OC(=O)N(Cc2ccccc2)[C@@H]1CP(=O)(c1ccccc1)c1ccccc1. The van der Waals surface area contributed by atoms with Crippen LogP contribution in [0.4, 0.5) is 4.79 Å². The van der Waals surface area contributed by atoms with E-state index in [9.17, 15) is 9.36 Å². The molecule has 0 aromatic heterocycles. The fraction of sp³-hybridized carbons (Fsp3) is 0.296. The second-order valence-electron chi connectivity index (χ2n) is 8.34. The molecule has 5 heteroatoms. The maximum Gasteiger partial charge on any atom is 0.410 e. The van der Waals surface area contributed by atoms with Crippen LogP contribution < -0.4 is 10.6 Å². The van der Waals surface area contributed by atoms with Gasteiger partial charge >= 0.3 is 6.09 Å². The molecule has 3 aromatic rings. The van der Waals surface area contributed by atoms with Crippen LogP contribution in [0.15, 0.2) is 91.0 Å². The van der Waals surface area contributed by atoms with Crippen LogP contribution in [0.25, 0.3) is 0 Å². The summed E-state index contributed by atoms with van der Waals surface area (Å²) in [4.78, 5) is 14.7. The van der Waals surface area contributed by atoms with Crippen molar-refractivity contribution >= 4 is 23.8 Å². The Hall–Kier alpha value is -2.84. The lowest BCUT2D eigenvalue weighted by Crippen LogP contribution is -2.41. The van der Waals surface area contributed by atoms with Gasteiger partial charge < -0.3 is 9.30 Å². The van der Waals surface area contributed by atoms with Gasteiger partial charge in [0.05, 0.1) is 6.04 Å². The summed E-state index contributed by atoms with van der Waals surface area (Å²) in [5, 5.41) is 1.64. The van der Waals surface area contributed by atoms with Gasteiger partial charge in [0, 0.05) is 23.3 Å². The molecule has 166 valence electrons. The Balaban J connectivity index is 1.72. The van der Waals surface area contributed by atoms with Crippen LogP contribution >= 0.6 is 7.14 Å². The van der Waals surface area contributed by atoms with Crippen molar-refractivity contribution in [2.24, 2.45) is 0 Å². The van der Waals surface area contributed by atoms with Crippen LogP contribution in [0.2, 0.25) is 0 Å². The smallest absolute Gasteiger partial charge is 0.410 e. The predicted molar refractivity (Wildman–Crippen MR) is 130 cm³/mol. The number of hydrogen-bond acceptors (Lipinski definition) is 3. The first-order valence-corrected chi connectivity index (χ1v) is 13.2. The van der Waals surface area contributed by atoms with E-state index in [0.717, 1.165) is 35.4 Å². The van der Waals surface area contributed by atoms with E-state index in [1.54, 1.807) is 4.90 Å². The third-order valence-corrected chi connectivity index (χ3v) is 9.30. The van der Waals surface area contributed by atoms with E-state index in [0.29, 0.717) is 12.7 Å². The largest absolute Gasteiger partial charge is 0.444 e. The summed E-state index contributed by atoms with van der Waals surface area (Å²) in [6.07, 6.45) is 2.57. The lowest BCUT2D eigenvalue weighted by molar-refractivity contribution is 0.124. The summed E-state index contributed by atoms with van der Waals surface area (Å²) >= 11 is 0. The minimum absolute atomic E-state index is 0.250. The maximum atomic E-state index is 14.7. The molecule has 1 aliphatic rings. The Bertz CT molecular complexity index is 1010. The zero-order valence-corrected chi connectivity index (χ0v) is 19.4. The number of cyclic esters (lactones) is 1. The average molecular weight is 448 g/mol. The summed E-state index contributed by atoms with van der Waals surface area (Å²) in [5.74, 6) is 0. The van der Waals surface area contributed by atoms with Gasteiger partial charge in [0.2, 0.25) is 0 Å². The van der Waals surface area contributed by atoms with Crippen LogP contribution in [0, 0.1) is 0 Å². The first-order valence-electron chi connectivity index (χ1n) is 11.3. The number of hydrogen-bond donors (Lipinski definition) is 0. The highest BCUT2D eigenvalue weighted by Crippen LogP contribution is 2.46. The van der Waals surface area contributed by atoms with E-state index in [1.807, 2.05) is 91.0 Å². The van der Waals surface area contributed by atoms with Gasteiger partial charge in [-0.05, 0) is 18.4 Å². The highest BCUT2D eigenvalue weighted by atomic mass is 31.2. The summed E-state index contributed by atoms with van der Waals surface area (Å²) in [6.45, 7) is 2.59. The van der Waals surface area contributed by atoms with Gasteiger partial charge in [-0.3, -0.25) is 4.90 Å². The van der Waals surface area contributed by atoms with E-state index >= 15 is 0 Å². The van der Waals surface area contributed by atoms with Gasteiger partial charge in [-0.2, -0.15) is 0 Å². The van der Waals surface area contributed by atoms with Gasteiger partial charge in [0.1, 0.15) is 13.2 Å². The van der Waals surface area contributed by atoms with Crippen LogP contribution in [0.3, 0.4) is 0 Å². The maximum absolute atomic E-state index is 14.7. The van der Waals surface area contributed by atoms with Crippen molar-refractivity contribution in [3.63, 3.8) is 0 Å². The summed E-state index contributed by atoms with van der Waals surface area (Å²) in [6, 6.07) is 29.0. The second-order valence-corrected chi connectivity index (χ2v) is 11.2. The van der Waals surface area contributed by atoms with Crippen LogP contribution in [-0.2, 0) is 15.8 Å². The van der Waals surface area contributed by atoms with Gasteiger partial charge in [0.15, 0.2) is 0 Å². The quantitative estimate of drug-likeness (QED) is 0.402. The van der Waals surface area contributed by atoms with Crippen molar-refractivity contribution in [2.75, 3.05) is 6.16 Å². The Morgan fingerprint density at radius 2 is 1.38 bits per heavy atom. The third kappa shape index (κ3) is 4.81. The van der Waals surface area contributed by atoms with E-state index in [1.165, 1.54) is 0 Å². The molecule has 0 spiro atoms. The molecule has 1 amide bonds. The van der Waals surface area contributed by atoms with Crippen molar-refractivity contribution in [2.45, 2.75) is 44.9 Å². The highest BCUT2D eigenvalue weighted by molar-refractivity contribution is 7.78. The van der Waals surface area contributed by atoms with Gasteiger partial charge in [-0.1, -0.05) is 104 Å². The molecule has 3 aromatic carbocycles. The number of carbonyl (C=O) groups is 1. The molecule has 4 nitrogen and oxygen atoms in total. The number of unbranched alkanes of at least 4 members (excludes halogenated alkanes) is 1. The monoisotopic (exact) mass is 447 g/mol. The van der Waals surface area contributed by atoms with Crippen LogP contribution in [0.5, 0.6) is 0 Å². The van der Waals surface area contributed by atoms with E-state index in [2.05, 4.69) is 6.92 Å². The van der Waals surface area contributed by atoms with Gasteiger partial charge in [-0.15, -0.1) is 0 Å². The number of amides is 1. The second kappa shape index (κ2) is 10.2. The molecular weight excluding hydrogens is 417 g/mol. The molecule has 0 N–H and O–H groups in total. The highest BCUT2D eigenvalue weighted by Gasteiger charge is 2.45. The van der Waals surface area contributed by atoms with E-state index in [-0.39, 0.29) is 18.2 Å². The fourth-order valence-corrected chi connectivity index (χ4v) is 7.39. The Morgan fingerprint density at radius 3 is 1.91 bits per heavy atom. The molecule has 0 saturated carbocycles. The standard InChI is InChI=1S/C27H30NO3P/c1-2-3-19-26-25(28(27(29)31-26)20-22-13-7-4-8-14-22)21-32(30,23-15-9-5-10-16-23)24-17-11-6-12-18-24/h4-18,25-26H,2-3,19-21H2,1H3/t25-,26-/m1/s1. The topological polar surface area (TPSA) is 46.6 Å². The molecule has 0 bridgehead atoms. The minimum Gasteiger partial charge on any atom is -0.444 e. The Morgan fingerprint density at radius 1 is 0.844 bits per heavy atom. The number of ether oxygens (including phenoxy) is 1. The number of rotatable bonds is 9. The number of benzene rings is 3. The average Bonchev–Trinajstić information content (AvgIpc) is 3.13. The Kier molecular flexibility index (Phi) is 7.12. The lowest BCUT2D eigenvalue weighted by atomic mass is 10.1. The fourth-order valence-electron chi connectivity index (χ4n) is 4.41. The first-order chi connectivity index (χ1) is 15.6. The van der Waals surface area contributed by atoms with Crippen LogP contribution in [0.1, 0.15) is 31.7 Å². The molecule has 0 aliphatic carbocycles.